The van der Waals surface area contributed by atoms with Crippen molar-refractivity contribution in [1.82, 2.24) is 14.9 Å². The van der Waals surface area contributed by atoms with E-state index in [1.165, 1.54) is 5.69 Å². The fraction of sp³-hybridized carbons (Fsp3) is 0.444. The van der Waals surface area contributed by atoms with Gasteiger partial charge in [0.05, 0.1) is 6.61 Å². The minimum Gasteiger partial charge on any atom is -0.395 e. The Balaban J connectivity index is 1.75. The van der Waals surface area contributed by atoms with Crippen LogP contribution in [0.25, 0.3) is 11.4 Å². The Morgan fingerprint density at radius 3 is 2.50 bits per heavy atom. The van der Waals surface area contributed by atoms with Gasteiger partial charge in [-0.3, -0.25) is 0 Å². The van der Waals surface area contributed by atoms with E-state index in [1.807, 2.05) is 13.1 Å². The van der Waals surface area contributed by atoms with Crippen LogP contribution in [-0.4, -0.2) is 66.4 Å². The molecule has 6 nitrogen and oxygen atoms in total. The number of rotatable bonds is 5. The Kier molecular flexibility index (Phi) is 5.27. The first kappa shape index (κ1) is 16.7. The van der Waals surface area contributed by atoms with E-state index in [4.69, 9.17) is 5.11 Å². The molecule has 0 aliphatic carbocycles. The smallest absolute Gasteiger partial charge is 0.161 e. The van der Waals surface area contributed by atoms with Crippen molar-refractivity contribution in [3.63, 3.8) is 0 Å². The zero-order valence-corrected chi connectivity index (χ0v) is 14.4. The van der Waals surface area contributed by atoms with Crippen LogP contribution in [-0.2, 0) is 0 Å². The third-order valence-corrected chi connectivity index (χ3v) is 4.37. The largest absolute Gasteiger partial charge is 0.395 e. The van der Waals surface area contributed by atoms with E-state index in [2.05, 4.69) is 56.4 Å². The van der Waals surface area contributed by atoms with Gasteiger partial charge in [-0.25, -0.2) is 9.97 Å². The number of nitrogens with zero attached hydrogens (tertiary/aromatic N) is 4. The van der Waals surface area contributed by atoms with Crippen molar-refractivity contribution in [1.29, 1.82) is 0 Å². The molecular formula is C18H25N5O. The fourth-order valence-corrected chi connectivity index (χ4v) is 2.82. The van der Waals surface area contributed by atoms with Crippen LogP contribution in [0.1, 0.15) is 5.56 Å². The summed E-state index contributed by atoms with van der Waals surface area (Å²) in [4.78, 5) is 13.8. The van der Waals surface area contributed by atoms with Crippen LogP contribution < -0.4 is 10.2 Å². The summed E-state index contributed by atoms with van der Waals surface area (Å²) in [5.74, 6) is 1.48. The Hall–Kier alpha value is -2.18. The van der Waals surface area contributed by atoms with Gasteiger partial charge < -0.3 is 20.2 Å². The van der Waals surface area contributed by atoms with Crippen molar-refractivity contribution in [2.75, 3.05) is 56.6 Å². The number of aryl methyl sites for hydroxylation is 1. The van der Waals surface area contributed by atoms with Gasteiger partial charge in [0.2, 0.25) is 0 Å². The number of benzene rings is 1. The average Bonchev–Trinajstić information content (AvgIpc) is 2.62. The molecule has 2 heterocycles. The van der Waals surface area contributed by atoms with Crippen LogP contribution in [0.3, 0.4) is 0 Å². The summed E-state index contributed by atoms with van der Waals surface area (Å²) in [5, 5.41) is 12.1. The van der Waals surface area contributed by atoms with Gasteiger partial charge in [-0.05, 0) is 38.2 Å². The number of aliphatic hydroxyl groups is 1. The van der Waals surface area contributed by atoms with E-state index < -0.39 is 0 Å². The number of aliphatic hydroxyl groups excluding tert-OH is 1. The van der Waals surface area contributed by atoms with Gasteiger partial charge in [0, 0.05) is 55.7 Å². The first-order valence-corrected chi connectivity index (χ1v) is 8.39. The van der Waals surface area contributed by atoms with E-state index in [-0.39, 0.29) is 6.61 Å². The van der Waals surface area contributed by atoms with Gasteiger partial charge in [0.15, 0.2) is 5.82 Å². The summed E-state index contributed by atoms with van der Waals surface area (Å²) >= 11 is 0. The number of aromatic nitrogens is 2. The number of anilines is 2. The minimum atomic E-state index is 0.0818. The molecule has 2 aromatic rings. The average molecular weight is 327 g/mol. The maximum absolute atomic E-state index is 8.96. The molecule has 1 aliphatic rings. The molecule has 1 aromatic heterocycles. The number of nitrogens with one attached hydrogen (secondary N) is 1. The monoisotopic (exact) mass is 327 g/mol. The highest BCUT2D eigenvalue weighted by atomic mass is 16.3. The van der Waals surface area contributed by atoms with Crippen LogP contribution in [0, 0.1) is 6.92 Å². The summed E-state index contributed by atoms with van der Waals surface area (Å²) in [6, 6.07) is 8.44. The second-order valence-electron chi connectivity index (χ2n) is 6.21. The topological polar surface area (TPSA) is 64.5 Å². The van der Waals surface area contributed by atoms with Crippen molar-refractivity contribution in [3.05, 3.63) is 36.0 Å². The van der Waals surface area contributed by atoms with Crippen molar-refractivity contribution in [2.45, 2.75) is 6.92 Å². The molecular weight excluding hydrogens is 302 g/mol. The van der Waals surface area contributed by atoms with Gasteiger partial charge >= 0.3 is 0 Å². The number of hydrogen-bond acceptors (Lipinski definition) is 6. The molecule has 0 unspecified atom stereocenters. The maximum atomic E-state index is 8.96. The highest BCUT2D eigenvalue weighted by Gasteiger charge is 2.14. The number of hydrogen-bond donors (Lipinski definition) is 2. The van der Waals surface area contributed by atoms with Gasteiger partial charge in [0.25, 0.3) is 0 Å². The second kappa shape index (κ2) is 7.59. The van der Waals surface area contributed by atoms with Crippen molar-refractivity contribution >= 4 is 11.5 Å². The van der Waals surface area contributed by atoms with E-state index >= 15 is 0 Å². The van der Waals surface area contributed by atoms with Crippen LogP contribution in [0.5, 0.6) is 0 Å². The molecule has 1 aromatic carbocycles. The lowest BCUT2D eigenvalue weighted by Crippen LogP contribution is -2.44. The molecule has 24 heavy (non-hydrogen) atoms. The lowest BCUT2D eigenvalue weighted by atomic mass is 10.1. The minimum absolute atomic E-state index is 0.0818. The highest BCUT2D eigenvalue weighted by Crippen LogP contribution is 2.23. The molecule has 128 valence electrons. The predicted octanol–water partition coefficient (Wildman–Crippen LogP) is 1.61. The van der Waals surface area contributed by atoms with Crippen LogP contribution in [0.4, 0.5) is 11.5 Å². The summed E-state index contributed by atoms with van der Waals surface area (Å²) < 4.78 is 0. The van der Waals surface area contributed by atoms with Gasteiger partial charge in [0.1, 0.15) is 5.82 Å². The molecule has 1 saturated heterocycles. The molecule has 0 saturated carbocycles. The van der Waals surface area contributed by atoms with Crippen LogP contribution >= 0.6 is 0 Å². The number of likely N-dealkylation sites (N-methyl/N-ethyl adjacent to an activating group) is 1. The summed E-state index contributed by atoms with van der Waals surface area (Å²) in [6.45, 7) is 6.85. The van der Waals surface area contributed by atoms with E-state index in [1.54, 1.807) is 0 Å². The summed E-state index contributed by atoms with van der Waals surface area (Å²) in [6.07, 6.45) is 1.82. The third-order valence-electron chi connectivity index (χ3n) is 4.37. The summed E-state index contributed by atoms with van der Waals surface area (Å²) in [7, 11) is 2.16. The standard InChI is InChI=1S/C18H25N5O/c1-14-13-20-18(21-17(14)19-7-12-24)15-3-5-16(6-4-15)23-10-8-22(2)9-11-23/h3-6,13,24H,7-12H2,1-2H3,(H,19,20,21). The predicted molar refractivity (Wildman–Crippen MR) is 97.5 cm³/mol. The Bertz CT molecular complexity index is 666. The normalized spacial score (nSPS) is 15.5. The molecule has 0 amide bonds. The van der Waals surface area contributed by atoms with Crippen molar-refractivity contribution in [3.8, 4) is 11.4 Å². The lowest BCUT2D eigenvalue weighted by Gasteiger charge is -2.34. The zero-order valence-electron chi connectivity index (χ0n) is 14.4. The molecule has 3 rings (SSSR count). The number of piperazine rings is 1. The molecule has 0 radical (unpaired) electrons. The molecule has 0 bridgehead atoms. The van der Waals surface area contributed by atoms with Gasteiger partial charge in [-0.2, -0.15) is 0 Å². The van der Waals surface area contributed by atoms with Crippen molar-refractivity contribution in [2.24, 2.45) is 0 Å². The molecule has 1 aliphatic heterocycles. The molecule has 6 heteroatoms. The van der Waals surface area contributed by atoms with Crippen LogP contribution in [0.15, 0.2) is 30.5 Å². The molecule has 1 fully saturated rings. The quantitative estimate of drug-likeness (QED) is 0.870. The lowest BCUT2D eigenvalue weighted by molar-refractivity contribution is 0.311. The fourth-order valence-electron chi connectivity index (χ4n) is 2.82. The van der Waals surface area contributed by atoms with E-state index in [0.717, 1.165) is 43.1 Å². The van der Waals surface area contributed by atoms with Crippen LogP contribution in [0.2, 0.25) is 0 Å². The molecule has 2 N–H and O–H groups in total. The Labute approximate surface area is 143 Å². The van der Waals surface area contributed by atoms with E-state index in [0.29, 0.717) is 12.4 Å². The van der Waals surface area contributed by atoms with Gasteiger partial charge in [-0.1, -0.05) is 0 Å². The molecule has 0 spiro atoms. The van der Waals surface area contributed by atoms with Gasteiger partial charge in [-0.15, -0.1) is 0 Å². The zero-order chi connectivity index (χ0) is 16.9. The SMILES string of the molecule is Cc1cnc(-c2ccc(N3CCN(C)CC3)cc2)nc1NCCO. The second-order valence-corrected chi connectivity index (χ2v) is 6.21. The van der Waals surface area contributed by atoms with Crippen molar-refractivity contribution < 1.29 is 5.11 Å². The van der Waals surface area contributed by atoms with E-state index in [9.17, 15) is 0 Å². The Morgan fingerprint density at radius 1 is 1.12 bits per heavy atom. The Morgan fingerprint density at radius 2 is 1.83 bits per heavy atom. The third kappa shape index (κ3) is 3.83. The first-order valence-electron chi connectivity index (χ1n) is 8.39. The highest BCUT2D eigenvalue weighted by molar-refractivity contribution is 5.62. The maximum Gasteiger partial charge on any atom is 0.161 e. The first-order chi connectivity index (χ1) is 11.7. The summed E-state index contributed by atoms with van der Waals surface area (Å²) in [5.41, 5.74) is 3.22. The molecule has 0 atom stereocenters.